The number of para-hydroxylation sites is 2. The molecule has 2 aromatic carbocycles. The fourth-order valence-electron chi connectivity index (χ4n) is 2.16. The van der Waals surface area contributed by atoms with Gasteiger partial charge in [-0.1, -0.05) is 30.3 Å². The zero-order chi connectivity index (χ0) is 16.9. The molecule has 0 unspecified atom stereocenters. The minimum absolute atomic E-state index is 0.229. The molecule has 2 aromatic rings. The van der Waals surface area contributed by atoms with Gasteiger partial charge in [-0.25, -0.2) is 4.79 Å². The summed E-state index contributed by atoms with van der Waals surface area (Å²) in [5.74, 6) is 0.160. The fourth-order valence-corrected chi connectivity index (χ4v) is 2.16. The maximum absolute atomic E-state index is 12.4. The summed E-state index contributed by atoms with van der Waals surface area (Å²) in [6.45, 7) is 1.57. The van der Waals surface area contributed by atoms with Crippen molar-refractivity contribution in [1.82, 2.24) is 5.32 Å². The molecule has 0 saturated heterocycles. The number of ether oxygens (including phenoxy) is 2. The molecule has 1 aliphatic rings. The Labute approximate surface area is 140 Å². The first-order valence-corrected chi connectivity index (χ1v) is 7.97. The lowest BCUT2D eigenvalue weighted by atomic mass is 10.2. The minimum Gasteiger partial charge on any atom is -0.456 e. The van der Waals surface area contributed by atoms with Gasteiger partial charge in [0.25, 0.3) is 5.91 Å². The predicted octanol–water partition coefficient (Wildman–Crippen LogP) is 3.30. The maximum atomic E-state index is 12.4. The number of amides is 1. The first-order chi connectivity index (χ1) is 11.6. The van der Waals surface area contributed by atoms with Gasteiger partial charge in [-0.05, 0) is 44.0 Å². The Balaban J connectivity index is 1.69. The Bertz CT molecular complexity index is 725. The van der Waals surface area contributed by atoms with E-state index in [2.05, 4.69) is 5.32 Å². The van der Waals surface area contributed by atoms with Gasteiger partial charge >= 0.3 is 5.97 Å². The Kier molecular flexibility index (Phi) is 4.79. The molecule has 1 N–H and O–H groups in total. The lowest BCUT2D eigenvalue weighted by Gasteiger charge is -2.15. The van der Waals surface area contributed by atoms with Gasteiger partial charge in [-0.15, -0.1) is 0 Å². The molecule has 0 bridgehead atoms. The minimum atomic E-state index is -0.845. The van der Waals surface area contributed by atoms with Gasteiger partial charge in [0.1, 0.15) is 17.1 Å². The van der Waals surface area contributed by atoms with Crippen LogP contribution in [-0.2, 0) is 9.53 Å². The number of hydrogen-bond donors (Lipinski definition) is 1. The normalized spacial score (nSPS) is 14.5. The molecule has 1 aliphatic carbocycles. The van der Waals surface area contributed by atoms with Crippen LogP contribution in [0.2, 0.25) is 0 Å². The first-order valence-electron chi connectivity index (χ1n) is 7.97. The molecular weight excluding hydrogens is 306 g/mol. The Hall–Kier alpha value is -2.82. The van der Waals surface area contributed by atoms with Gasteiger partial charge in [0, 0.05) is 6.04 Å². The lowest BCUT2D eigenvalue weighted by molar-refractivity contribution is -0.129. The molecule has 1 amide bonds. The van der Waals surface area contributed by atoms with E-state index in [1.54, 1.807) is 43.3 Å². The summed E-state index contributed by atoms with van der Waals surface area (Å²) in [4.78, 5) is 24.3. The number of carbonyl (C=O) groups excluding carboxylic acids is 2. The molecule has 1 fully saturated rings. The van der Waals surface area contributed by atoms with Crippen molar-refractivity contribution in [3.05, 3.63) is 60.2 Å². The summed E-state index contributed by atoms with van der Waals surface area (Å²) in [5, 5.41) is 2.82. The van der Waals surface area contributed by atoms with Gasteiger partial charge in [0.05, 0.1) is 0 Å². The summed E-state index contributed by atoms with van der Waals surface area (Å²) < 4.78 is 11.0. The van der Waals surface area contributed by atoms with Crippen LogP contribution >= 0.6 is 0 Å². The van der Waals surface area contributed by atoms with Gasteiger partial charge in [-0.2, -0.15) is 0 Å². The molecule has 0 aromatic heterocycles. The highest BCUT2D eigenvalue weighted by atomic mass is 16.5. The van der Waals surface area contributed by atoms with E-state index in [1.165, 1.54) is 0 Å². The summed E-state index contributed by atoms with van der Waals surface area (Å²) in [5.41, 5.74) is 0.285. The molecule has 5 nitrogen and oxygen atoms in total. The predicted molar refractivity (Wildman–Crippen MR) is 89.0 cm³/mol. The number of carbonyl (C=O) groups is 2. The van der Waals surface area contributed by atoms with E-state index >= 15 is 0 Å². The molecule has 0 radical (unpaired) electrons. The van der Waals surface area contributed by atoms with Crippen LogP contribution in [0.4, 0.5) is 0 Å². The maximum Gasteiger partial charge on any atom is 0.342 e. The van der Waals surface area contributed by atoms with Crippen LogP contribution in [0.25, 0.3) is 0 Å². The first kappa shape index (κ1) is 16.1. The summed E-state index contributed by atoms with van der Waals surface area (Å²) in [7, 11) is 0. The fraction of sp³-hybridized carbons (Fsp3) is 0.263. The van der Waals surface area contributed by atoms with Crippen molar-refractivity contribution in [3.63, 3.8) is 0 Å². The molecule has 0 spiro atoms. The molecule has 0 aliphatic heterocycles. The van der Waals surface area contributed by atoms with E-state index in [1.807, 2.05) is 18.2 Å². The number of hydrogen-bond acceptors (Lipinski definition) is 4. The number of esters is 1. The van der Waals surface area contributed by atoms with Crippen LogP contribution < -0.4 is 10.1 Å². The van der Waals surface area contributed by atoms with E-state index in [-0.39, 0.29) is 17.5 Å². The molecular formula is C19H19NO4. The van der Waals surface area contributed by atoms with E-state index < -0.39 is 12.1 Å². The third-order valence-corrected chi connectivity index (χ3v) is 3.65. The van der Waals surface area contributed by atoms with E-state index in [4.69, 9.17) is 9.47 Å². The molecule has 0 heterocycles. The summed E-state index contributed by atoms with van der Waals surface area (Å²) in [6, 6.07) is 16.2. The number of benzene rings is 2. The molecule has 3 rings (SSSR count). The van der Waals surface area contributed by atoms with Gasteiger partial charge in [0.15, 0.2) is 6.10 Å². The monoisotopic (exact) mass is 325 g/mol. The van der Waals surface area contributed by atoms with Crippen molar-refractivity contribution in [2.45, 2.75) is 31.9 Å². The van der Waals surface area contributed by atoms with Crippen molar-refractivity contribution in [2.75, 3.05) is 0 Å². The van der Waals surface area contributed by atoms with E-state index in [0.717, 1.165) is 12.8 Å². The third-order valence-electron chi connectivity index (χ3n) is 3.65. The topological polar surface area (TPSA) is 64.6 Å². The van der Waals surface area contributed by atoms with E-state index in [0.29, 0.717) is 11.5 Å². The molecule has 24 heavy (non-hydrogen) atoms. The van der Waals surface area contributed by atoms with Crippen LogP contribution in [0.15, 0.2) is 54.6 Å². The number of rotatable bonds is 6. The highest BCUT2D eigenvalue weighted by Gasteiger charge is 2.28. The SMILES string of the molecule is C[C@@H](OC(=O)c1ccccc1Oc1ccccc1)C(=O)NC1CC1. The average molecular weight is 325 g/mol. The average Bonchev–Trinajstić information content (AvgIpc) is 3.40. The molecule has 1 atom stereocenters. The highest BCUT2D eigenvalue weighted by Crippen LogP contribution is 2.26. The Morgan fingerprint density at radius 1 is 1.04 bits per heavy atom. The van der Waals surface area contributed by atoms with Crippen molar-refractivity contribution in [1.29, 1.82) is 0 Å². The highest BCUT2D eigenvalue weighted by molar-refractivity contribution is 5.94. The van der Waals surface area contributed by atoms with Gasteiger partial charge in [-0.3, -0.25) is 4.79 Å². The standard InChI is InChI=1S/C19H19NO4/c1-13(18(21)20-14-11-12-14)23-19(22)16-9-5-6-10-17(16)24-15-7-3-2-4-8-15/h2-10,13-14H,11-12H2,1H3,(H,20,21)/t13-/m1/s1. The Morgan fingerprint density at radius 3 is 2.42 bits per heavy atom. The molecule has 1 saturated carbocycles. The van der Waals surface area contributed by atoms with Crippen LogP contribution in [0, 0.1) is 0 Å². The largest absolute Gasteiger partial charge is 0.456 e. The number of nitrogens with one attached hydrogen (secondary N) is 1. The van der Waals surface area contributed by atoms with Gasteiger partial charge in [0.2, 0.25) is 0 Å². The van der Waals surface area contributed by atoms with E-state index in [9.17, 15) is 9.59 Å². The zero-order valence-electron chi connectivity index (χ0n) is 13.4. The molecule has 5 heteroatoms. The van der Waals surface area contributed by atoms with Crippen LogP contribution in [0.3, 0.4) is 0 Å². The second-order valence-corrected chi connectivity index (χ2v) is 5.74. The van der Waals surface area contributed by atoms with Crippen LogP contribution in [0.1, 0.15) is 30.1 Å². The molecule has 124 valence electrons. The van der Waals surface area contributed by atoms with Crippen molar-refractivity contribution < 1.29 is 19.1 Å². The lowest BCUT2D eigenvalue weighted by Crippen LogP contribution is -2.37. The van der Waals surface area contributed by atoms with Crippen LogP contribution in [0.5, 0.6) is 11.5 Å². The van der Waals surface area contributed by atoms with Crippen LogP contribution in [-0.4, -0.2) is 24.0 Å². The zero-order valence-corrected chi connectivity index (χ0v) is 13.4. The van der Waals surface area contributed by atoms with Crippen molar-refractivity contribution in [2.24, 2.45) is 0 Å². The summed E-state index contributed by atoms with van der Waals surface area (Å²) >= 11 is 0. The summed E-state index contributed by atoms with van der Waals surface area (Å²) in [6.07, 6.45) is 1.13. The Morgan fingerprint density at radius 2 is 1.71 bits per heavy atom. The van der Waals surface area contributed by atoms with Gasteiger partial charge < -0.3 is 14.8 Å². The second kappa shape index (κ2) is 7.17. The second-order valence-electron chi connectivity index (χ2n) is 5.74. The van der Waals surface area contributed by atoms with Crippen molar-refractivity contribution >= 4 is 11.9 Å². The third kappa shape index (κ3) is 4.13. The quantitative estimate of drug-likeness (QED) is 0.828. The van der Waals surface area contributed by atoms with Crippen molar-refractivity contribution in [3.8, 4) is 11.5 Å². The smallest absolute Gasteiger partial charge is 0.342 e.